The maximum Gasteiger partial charge on any atom is 0.139 e. The number of nitrogens with zero attached hydrogens (tertiary/aromatic N) is 1. The fourth-order valence-electron chi connectivity index (χ4n) is 1.51. The van der Waals surface area contributed by atoms with E-state index in [-0.39, 0.29) is 0 Å². The molecule has 0 aromatic heterocycles. The Hall–Kier alpha value is -0.420. The van der Waals surface area contributed by atoms with Gasteiger partial charge in [0.2, 0.25) is 0 Å². The molecule has 5 heteroatoms. The Morgan fingerprint density at radius 2 is 2.50 bits per heavy atom. The highest BCUT2D eigenvalue weighted by atomic mass is 32.2. The van der Waals surface area contributed by atoms with E-state index in [1.54, 1.807) is 0 Å². The van der Waals surface area contributed by atoms with Gasteiger partial charge in [-0.2, -0.15) is 11.8 Å². The zero-order chi connectivity index (χ0) is 10.2. The van der Waals surface area contributed by atoms with E-state index < -0.39 is 0 Å². The molecule has 0 aliphatic carbocycles. The zero-order valence-corrected chi connectivity index (χ0v) is 9.22. The smallest absolute Gasteiger partial charge is 0.139 e. The minimum atomic E-state index is 0.321. The van der Waals surface area contributed by atoms with Crippen molar-refractivity contribution < 1.29 is 5.21 Å². The van der Waals surface area contributed by atoms with Crippen LogP contribution in [0.1, 0.15) is 25.7 Å². The molecule has 0 aromatic rings. The lowest BCUT2D eigenvalue weighted by atomic mass is 10.2. The van der Waals surface area contributed by atoms with Gasteiger partial charge in [0.1, 0.15) is 5.84 Å². The van der Waals surface area contributed by atoms with Gasteiger partial charge >= 0.3 is 0 Å². The molecule has 0 amide bonds. The van der Waals surface area contributed by atoms with Crippen LogP contribution < -0.4 is 11.1 Å². The third-order valence-electron chi connectivity index (χ3n) is 2.31. The van der Waals surface area contributed by atoms with Crippen molar-refractivity contribution >= 4 is 17.6 Å². The Morgan fingerprint density at radius 3 is 3.14 bits per heavy atom. The highest BCUT2D eigenvalue weighted by molar-refractivity contribution is 8.00. The van der Waals surface area contributed by atoms with E-state index in [1.807, 2.05) is 0 Å². The molecule has 0 saturated carbocycles. The third kappa shape index (κ3) is 4.72. The van der Waals surface area contributed by atoms with Crippen LogP contribution >= 0.6 is 11.8 Å². The predicted molar refractivity (Wildman–Crippen MR) is 61.0 cm³/mol. The standard InChI is InChI=1S/C9H19N3OS/c10-9(12-13)4-1-5-11-7-8-3-2-6-14-8/h8,11,13H,1-7H2,(H2,10,12). The van der Waals surface area contributed by atoms with E-state index in [4.69, 9.17) is 10.9 Å². The van der Waals surface area contributed by atoms with Crippen molar-refractivity contribution in [3.8, 4) is 0 Å². The second-order valence-electron chi connectivity index (χ2n) is 3.53. The van der Waals surface area contributed by atoms with E-state index in [9.17, 15) is 0 Å². The molecule has 1 saturated heterocycles. The van der Waals surface area contributed by atoms with Crippen molar-refractivity contribution in [2.75, 3.05) is 18.8 Å². The van der Waals surface area contributed by atoms with Crippen LogP contribution in [0.3, 0.4) is 0 Å². The summed E-state index contributed by atoms with van der Waals surface area (Å²) in [4.78, 5) is 0. The Labute approximate surface area is 89.3 Å². The molecular formula is C9H19N3OS. The lowest BCUT2D eigenvalue weighted by molar-refractivity contribution is 0.316. The van der Waals surface area contributed by atoms with E-state index in [0.29, 0.717) is 12.3 Å². The van der Waals surface area contributed by atoms with Gasteiger partial charge in [-0.15, -0.1) is 0 Å². The molecule has 1 heterocycles. The van der Waals surface area contributed by atoms with Gasteiger partial charge in [-0.25, -0.2) is 0 Å². The molecule has 82 valence electrons. The summed E-state index contributed by atoms with van der Waals surface area (Å²) in [6, 6.07) is 0. The normalized spacial score (nSPS) is 22.9. The number of nitrogens with two attached hydrogens (primary N) is 1. The minimum Gasteiger partial charge on any atom is -0.409 e. The second-order valence-corrected chi connectivity index (χ2v) is 4.94. The van der Waals surface area contributed by atoms with Gasteiger partial charge in [-0.05, 0) is 31.6 Å². The van der Waals surface area contributed by atoms with Crippen LogP contribution in [0.15, 0.2) is 5.16 Å². The molecule has 1 unspecified atom stereocenters. The summed E-state index contributed by atoms with van der Waals surface area (Å²) in [5.74, 6) is 1.64. The van der Waals surface area contributed by atoms with Gasteiger partial charge in [0.25, 0.3) is 0 Å². The fraction of sp³-hybridized carbons (Fsp3) is 0.889. The lowest BCUT2D eigenvalue weighted by Crippen LogP contribution is -2.25. The molecule has 14 heavy (non-hydrogen) atoms. The van der Waals surface area contributed by atoms with Gasteiger partial charge in [0, 0.05) is 18.2 Å². The van der Waals surface area contributed by atoms with Gasteiger partial charge in [0.05, 0.1) is 0 Å². The van der Waals surface area contributed by atoms with Crippen LogP contribution in [-0.2, 0) is 0 Å². The monoisotopic (exact) mass is 217 g/mol. The third-order valence-corrected chi connectivity index (χ3v) is 3.71. The van der Waals surface area contributed by atoms with Gasteiger partial charge < -0.3 is 16.3 Å². The van der Waals surface area contributed by atoms with Crippen LogP contribution in [0.4, 0.5) is 0 Å². The SMILES string of the molecule is NC(CCCNCC1CCCS1)=NO. The van der Waals surface area contributed by atoms with E-state index in [2.05, 4.69) is 22.2 Å². The first-order valence-corrected chi connectivity index (χ1v) is 6.16. The molecule has 1 rings (SSSR count). The van der Waals surface area contributed by atoms with Crippen molar-refractivity contribution in [2.45, 2.75) is 30.9 Å². The second kappa shape index (κ2) is 6.95. The minimum absolute atomic E-state index is 0.321. The quantitative estimate of drug-likeness (QED) is 0.204. The van der Waals surface area contributed by atoms with Crippen LogP contribution in [0.25, 0.3) is 0 Å². The molecule has 4 N–H and O–H groups in total. The van der Waals surface area contributed by atoms with Crippen LogP contribution in [0, 0.1) is 0 Å². The van der Waals surface area contributed by atoms with Crippen molar-refractivity contribution in [2.24, 2.45) is 10.9 Å². The number of hydrogen-bond acceptors (Lipinski definition) is 4. The van der Waals surface area contributed by atoms with Gasteiger partial charge in [-0.1, -0.05) is 5.16 Å². The van der Waals surface area contributed by atoms with Crippen LogP contribution in [0.2, 0.25) is 0 Å². The highest BCUT2D eigenvalue weighted by Crippen LogP contribution is 2.25. The molecule has 1 atom stereocenters. The van der Waals surface area contributed by atoms with E-state index in [1.165, 1.54) is 18.6 Å². The Kier molecular flexibility index (Phi) is 5.78. The molecule has 0 spiro atoms. The summed E-state index contributed by atoms with van der Waals surface area (Å²) in [5, 5.41) is 15.4. The summed E-state index contributed by atoms with van der Waals surface area (Å²) in [7, 11) is 0. The van der Waals surface area contributed by atoms with E-state index >= 15 is 0 Å². The Morgan fingerprint density at radius 1 is 1.64 bits per heavy atom. The predicted octanol–water partition coefficient (Wildman–Crippen LogP) is 0.998. The van der Waals surface area contributed by atoms with Crippen molar-refractivity contribution in [1.29, 1.82) is 0 Å². The molecule has 4 nitrogen and oxygen atoms in total. The summed E-state index contributed by atoms with van der Waals surface area (Å²) in [6.07, 6.45) is 4.31. The first-order chi connectivity index (χ1) is 6.83. The van der Waals surface area contributed by atoms with Gasteiger partial charge in [-0.3, -0.25) is 0 Å². The molecule has 1 aliphatic heterocycles. The fourth-order valence-corrected chi connectivity index (χ4v) is 2.75. The first kappa shape index (κ1) is 11.7. The summed E-state index contributed by atoms with van der Waals surface area (Å²) >= 11 is 2.06. The van der Waals surface area contributed by atoms with Crippen molar-refractivity contribution in [3.05, 3.63) is 0 Å². The molecule has 1 aliphatic rings. The van der Waals surface area contributed by atoms with Crippen molar-refractivity contribution in [3.63, 3.8) is 0 Å². The van der Waals surface area contributed by atoms with Gasteiger partial charge in [0.15, 0.2) is 0 Å². The average Bonchev–Trinajstić information content (AvgIpc) is 2.69. The van der Waals surface area contributed by atoms with Crippen LogP contribution in [-0.4, -0.2) is 35.1 Å². The molecule has 1 fully saturated rings. The lowest BCUT2D eigenvalue weighted by Gasteiger charge is -2.09. The van der Waals surface area contributed by atoms with Crippen LogP contribution in [0.5, 0.6) is 0 Å². The molecule has 0 radical (unpaired) electrons. The van der Waals surface area contributed by atoms with E-state index in [0.717, 1.165) is 24.8 Å². The maximum absolute atomic E-state index is 8.30. The zero-order valence-electron chi connectivity index (χ0n) is 8.41. The Bertz CT molecular complexity index is 181. The number of amidine groups is 1. The number of rotatable bonds is 6. The summed E-state index contributed by atoms with van der Waals surface area (Å²) in [5.41, 5.74) is 5.35. The molecular weight excluding hydrogens is 198 g/mol. The number of nitrogens with one attached hydrogen (secondary N) is 1. The topological polar surface area (TPSA) is 70.6 Å². The first-order valence-electron chi connectivity index (χ1n) is 5.11. The summed E-state index contributed by atoms with van der Waals surface area (Å²) < 4.78 is 0. The Balaban J connectivity index is 1.89. The number of hydrogen-bond donors (Lipinski definition) is 3. The molecule has 0 aromatic carbocycles. The number of thioether (sulfide) groups is 1. The largest absolute Gasteiger partial charge is 0.409 e. The summed E-state index contributed by atoms with van der Waals surface area (Å²) in [6.45, 7) is 2.05. The maximum atomic E-state index is 8.30. The average molecular weight is 217 g/mol. The number of oxime groups is 1. The highest BCUT2D eigenvalue weighted by Gasteiger charge is 2.14. The van der Waals surface area contributed by atoms with Crippen molar-refractivity contribution in [1.82, 2.24) is 5.32 Å². The molecule has 0 bridgehead atoms.